The summed E-state index contributed by atoms with van der Waals surface area (Å²) in [6.45, 7) is 3.07. The first-order chi connectivity index (χ1) is 9.70. The maximum Gasteiger partial charge on any atom is 0.222 e. The smallest absolute Gasteiger partial charge is 0.222 e. The average molecular weight is 273 g/mol. The number of likely N-dealkylation sites (tertiary alicyclic amines) is 2. The van der Waals surface area contributed by atoms with Crippen molar-refractivity contribution in [1.29, 1.82) is 0 Å². The molecule has 0 N–H and O–H groups in total. The number of hydrogen-bond donors (Lipinski definition) is 0. The molecule has 2 fully saturated rings. The molecule has 2 aliphatic rings. The lowest BCUT2D eigenvalue weighted by Crippen LogP contribution is -2.60. The molecular weight excluding hydrogens is 250 g/mol. The van der Waals surface area contributed by atoms with Crippen molar-refractivity contribution in [2.75, 3.05) is 20.1 Å². The van der Waals surface area contributed by atoms with Crippen molar-refractivity contribution < 1.29 is 4.79 Å². The van der Waals surface area contributed by atoms with Gasteiger partial charge in [-0.3, -0.25) is 14.7 Å². The van der Waals surface area contributed by atoms with Crippen LogP contribution in [0, 0.1) is 0 Å². The topological polar surface area (TPSA) is 36.4 Å². The Morgan fingerprint density at radius 2 is 2.20 bits per heavy atom. The van der Waals surface area contributed by atoms with Crippen LogP contribution in [0.5, 0.6) is 0 Å². The summed E-state index contributed by atoms with van der Waals surface area (Å²) in [7, 11) is 2.00. The summed E-state index contributed by atoms with van der Waals surface area (Å²) in [6, 6.07) is 4.12. The highest BCUT2D eigenvalue weighted by molar-refractivity contribution is 5.77. The van der Waals surface area contributed by atoms with Gasteiger partial charge in [0.2, 0.25) is 5.91 Å². The predicted octanol–water partition coefficient (Wildman–Crippen LogP) is 2.06. The van der Waals surface area contributed by atoms with E-state index in [9.17, 15) is 4.79 Å². The molecule has 0 saturated carbocycles. The average Bonchev–Trinajstić information content (AvgIpc) is 2.46. The fourth-order valence-electron chi connectivity index (χ4n) is 3.74. The quantitative estimate of drug-likeness (QED) is 0.827. The van der Waals surface area contributed by atoms with Crippen LogP contribution < -0.4 is 0 Å². The van der Waals surface area contributed by atoms with Crippen LogP contribution in [0.3, 0.4) is 0 Å². The van der Waals surface area contributed by atoms with E-state index in [0.717, 1.165) is 45.3 Å². The molecule has 0 aromatic carbocycles. The highest BCUT2D eigenvalue weighted by atomic mass is 16.2. The number of rotatable bonds is 2. The van der Waals surface area contributed by atoms with Gasteiger partial charge < -0.3 is 4.90 Å². The normalized spacial score (nSPS) is 28.1. The van der Waals surface area contributed by atoms with Crippen molar-refractivity contribution in [2.24, 2.45) is 0 Å². The second-order valence-corrected chi connectivity index (χ2v) is 6.21. The minimum absolute atomic E-state index is 0.0792. The lowest BCUT2D eigenvalue weighted by molar-refractivity contribution is -0.142. The van der Waals surface area contributed by atoms with Gasteiger partial charge in [-0.15, -0.1) is 0 Å². The zero-order valence-corrected chi connectivity index (χ0v) is 12.2. The Bertz CT molecular complexity index is 472. The molecule has 108 valence electrons. The van der Waals surface area contributed by atoms with E-state index >= 15 is 0 Å². The summed E-state index contributed by atoms with van der Waals surface area (Å²) in [6.07, 6.45) is 9.01. The van der Waals surface area contributed by atoms with Gasteiger partial charge >= 0.3 is 0 Å². The fraction of sp³-hybridized carbons (Fsp3) is 0.625. The van der Waals surface area contributed by atoms with Crippen molar-refractivity contribution >= 4 is 5.91 Å². The lowest BCUT2D eigenvalue weighted by atomic mass is 9.80. The van der Waals surface area contributed by atoms with Crippen LogP contribution >= 0.6 is 0 Å². The molecule has 0 bridgehead atoms. The summed E-state index contributed by atoms with van der Waals surface area (Å²) in [5, 5.41) is 0. The zero-order chi connectivity index (χ0) is 14.0. The number of nitrogens with zero attached hydrogens (tertiary/aromatic N) is 3. The molecule has 0 aliphatic carbocycles. The van der Waals surface area contributed by atoms with Gasteiger partial charge in [0.15, 0.2) is 0 Å². The maximum atomic E-state index is 12.0. The first-order valence-corrected chi connectivity index (χ1v) is 7.58. The Labute approximate surface area is 120 Å². The standard InChI is InChI=1S/C16H23N3O/c1-18-15(20)6-2-7-16(18)8-4-10-19(13-16)12-14-5-3-9-17-11-14/h3,5,9,11H,2,4,6-8,10,12-13H2,1H3/t16-/m0/s1. The number of hydrogen-bond acceptors (Lipinski definition) is 3. The molecule has 0 radical (unpaired) electrons. The first-order valence-electron chi connectivity index (χ1n) is 7.58. The second-order valence-electron chi connectivity index (χ2n) is 6.21. The van der Waals surface area contributed by atoms with Crippen LogP contribution in [-0.2, 0) is 11.3 Å². The molecule has 0 unspecified atom stereocenters. The van der Waals surface area contributed by atoms with E-state index in [1.54, 1.807) is 0 Å². The zero-order valence-electron chi connectivity index (χ0n) is 12.2. The van der Waals surface area contributed by atoms with Crippen molar-refractivity contribution in [1.82, 2.24) is 14.8 Å². The molecule has 2 aliphatic heterocycles. The third-order valence-electron chi connectivity index (χ3n) is 4.88. The summed E-state index contributed by atoms with van der Waals surface area (Å²) in [5.74, 6) is 0.319. The SMILES string of the molecule is CN1C(=O)CCC[C@@]12CCCN(Cc1cccnc1)C2. The summed E-state index contributed by atoms with van der Waals surface area (Å²) in [4.78, 5) is 20.7. The molecule has 20 heavy (non-hydrogen) atoms. The summed E-state index contributed by atoms with van der Waals surface area (Å²) < 4.78 is 0. The van der Waals surface area contributed by atoms with Crippen LogP contribution in [0.15, 0.2) is 24.5 Å². The first kappa shape index (κ1) is 13.6. The van der Waals surface area contributed by atoms with Gasteiger partial charge in [-0.25, -0.2) is 0 Å². The van der Waals surface area contributed by atoms with Crippen LogP contribution in [0.25, 0.3) is 0 Å². The number of amides is 1. The van der Waals surface area contributed by atoms with Crippen molar-refractivity contribution in [2.45, 2.75) is 44.2 Å². The number of aromatic nitrogens is 1. The van der Waals surface area contributed by atoms with E-state index in [-0.39, 0.29) is 5.54 Å². The van der Waals surface area contributed by atoms with E-state index in [1.807, 2.05) is 30.4 Å². The monoisotopic (exact) mass is 273 g/mol. The van der Waals surface area contributed by atoms with Gasteiger partial charge in [0.05, 0.1) is 5.54 Å². The van der Waals surface area contributed by atoms with E-state index in [0.29, 0.717) is 5.91 Å². The molecule has 4 heteroatoms. The van der Waals surface area contributed by atoms with Gasteiger partial charge in [0, 0.05) is 39.0 Å². The molecular formula is C16H23N3O. The van der Waals surface area contributed by atoms with Gasteiger partial charge in [-0.1, -0.05) is 6.07 Å². The molecule has 1 atom stereocenters. The van der Waals surface area contributed by atoms with E-state index in [1.165, 1.54) is 12.0 Å². The van der Waals surface area contributed by atoms with Gasteiger partial charge in [0.25, 0.3) is 0 Å². The predicted molar refractivity (Wildman–Crippen MR) is 78.1 cm³/mol. The Morgan fingerprint density at radius 3 is 3.00 bits per heavy atom. The molecule has 1 spiro atoms. The lowest BCUT2D eigenvalue weighted by Gasteiger charge is -2.50. The molecule has 1 aromatic heterocycles. The number of carbonyl (C=O) groups excluding carboxylic acids is 1. The van der Waals surface area contributed by atoms with E-state index in [2.05, 4.69) is 16.0 Å². The Hall–Kier alpha value is -1.42. The van der Waals surface area contributed by atoms with Gasteiger partial charge in [-0.05, 0) is 43.9 Å². The van der Waals surface area contributed by atoms with E-state index < -0.39 is 0 Å². The molecule has 4 nitrogen and oxygen atoms in total. The number of likely N-dealkylation sites (N-methyl/N-ethyl adjacent to an activating group) is 1. The maximum absolute atomic E-state index is 12.0. The number of pyridine rings is 1. The molecule has 3 heterocycles. The number of carbonyl (C=O) groups is 1. The van der Waals surface area contributed by atoms with Crippen molar-refractivity contribution in [3.05, 3.63) is 30.1 Å². The number of piperidine rings is 2. The van der Waals surface area contributed by atoms with Gasteiger partial charge in [0.1, 0.15) is 0 Å². The molecule has 1 aromatic rings. The highest BCUT2D eigenvalue weighted by Crippen LogP contribution is 2.35. The van der Waals surface area contributed by atoms with Crippen molar-refractivity contribution in [3.8, 4) is 0 Å². The Kier molecular flexibility index (Phi) is 3.74. The van der Waals surface area contributed by atoms with Crippen LogP contribution in [-0.4, -0.2) is 46.4 Å². The van der Waals surface area contributed by atoms with Crippen molar-refractivity contribution in [3.63, 3.8) is 0 Å². The second kappa shape index (κ2) is 5.52. The Balaban J connectivity index is 1.71. The highest BCUT2D eigenvalue weighted by Gasteiger charge is 2.42. The largest absolute Gasteiger partial charge is 0.339 e. The van der Waals surface area contributed by atoms with Crippen LogP contribution in [0.1, 0.15) is 37.7 Å². The third kappa shape index (κ3) is 2.57. The fourth-order valence-corrected chi connectivity index (χ4v) is 3.74. The van der Waals surface area contributed by atoms with Crippen LogP contribution in [0.4, 0.5) is 0 Å². The molecule has 1 amide bonds. The summed E-state index contributed by atoms with van der Waals surface area (Å²) >= 11 is 0. The minimum Gasteiger partial charge on any atom is -0.339 e. The molecule has 3 rings (SSSR count). The molecule has 2 saturated heterocycles. The van der Waals surface area contributed by atoms with E-state index in [4.69, 9.17) is 0 Å². The summed E-state index contributed by atoms with van der Waals surface area (Å²) in [5.41, 5.74) is 1.34. The minimum atomic E-state index is 0.0792. The third-order valence-corrected chi connectivity index (χ3v) is 4.88. The Morgan fingerprint density at radius 1 is 1.35 bits per heavy atom. The van der Waals surface area contributed by atoms with Crippen LogP contribution in [0.2, 0.25) is 0 Å². The van der Waals surface area contributed by atoms with Gasteiger partial charge in [-0.2, -0.15) is 0 Å².